The number of carboxylic acid groups (broad SMARTS) is 1. The first-order chi connectivity index (χ1) is 9.86. The van der Waals surface area contributed by atoms with Gasteiger partial charge in [0, 0.05) is 12.6 Å². The molecule has 0 spiro atoms. The zero-order valence-electron chi connectivity index (χ0n) is 11.5. The van der Waals surface area contributed by atoms with E-state index < -0.39 is 17.7 Å². The summed E-state index contributed by atoms with van der Waals surface area (Å²) in [4.78, 5) is 10.9. The molecule has 1 aliphatic carbocycles. The summed E-state index contributed by atoms with van der Waals surface area (Å²) in [6.07, 6.45) is -1.30. The molecular formula is C15H18F3NO2. The van der Waals surface area contributed by atoms with Gasteiger partial charge in [0.2, 0.25) is 0 Å². The summed E-state index contributed by atoms with van der Waals surface area (Å²) in [6.45, 7) is 0.248. The molecule has 2 N–H and O–H groups in total. The van der Waals surface area contributed by atoms with Crippen LogP contribution in [0.25, 0.3) is 0 Å². The lowest BCUT2D eigenvalue weighted by atomic mass is 9.78. The Morgan fingerprint density at radius 2 is 2.10 bits per heavy atom. The van der Waals surface area contributed by atoms with E-state index in [0.29, 0.717) is 11.5 Å². The Bertz CT molecular complexity index is 498. The van der Waals surface area contributed by atoms with Crippen LogP contribution in [0.1, 0.15) is 36.8 Å². The van der Waals surface area contributed by atoms with Gasteiger partial charge in [0.15, 0.2) is 0 Å². The molecular weight excluding hydrogens is 283 g/mol. The molecule has 1 aliphatic rings. The summed E-state index contributed by atoms with van der Waals surface area (Å²) in [5, 5.41) is 12.0. The Kier molecular flexibility index (Phi) is 4.88. The highest BCUT2D eigenvalue weighted by Crippen LogP contribution is 2.32. The maximum atomic E-state index is 12.6. The van der Waals surface area contributed by atoms with Crippen molar-refractivity contribution >= 4 is 5.97 Å². The minimum Gasteiger partial charge on any atom is -0.481 e. The lowest BCUT2D eigenvalue weighted by Crippen LogP contribution is -2.40. The first-order valence-corrected chi connectivity index (χ1v) is 6.97. The van der Waals surface area contributed by atoms with Gasteiger partial charge in [0.1, 0.15) is 0 Å². The van der Waals surface area contributed by atoms with Crippen molar-refractivity contribution in [1.29, 1.82) is 0 Å². The fourth-order valence-electron chi connectivity index (χ4n) is 2.54. The van der Waals surface area contributed by atoms with E-state index in [-0.39, 0.29) is 19.0 Å². The van der Waals surface area contributed by atoms with Gasteiger partial charge in [0.25, 0.3) is 0 Å². The second-order valence-electron chi connectivity index (χ2n) is 5.47. The molecule has 0 saturated heterocycles. The number of rotatable bonds is 6. The number of aliphatic carboxylic acids is 1. The minimum atomic E-state index is -4.36. The number of halogens is 3. The van der Waals surface area contributed by atoms with Gasteiger partial charge in [0.05, 0.1) is 12.0 Å². The predicted octanol–water partition coefficient (Wildman–Crippen LogP) is 3.44. The van der Waals surface area contributed by atoms with Gasteiger partial charge in [-0.05, 0) is 30.4 Å². The highest BCUT2D eigenvalue weighted by atomic mass is 19.4. The highest BCUT2D eigenvalue weighted by Gasteiger charge is 2.31. The van der Waals surface area contributed by atoms with Crippen molar-refractivity contribution in [2.45, 2.75) is 44.4 Å². The molecule has 116 valence electrons. The molecule has 1 aromatic rings. The van der Waals surface area contributed by atoms with Crippen molar-refractivity contribution in [3.8, 4) is 0 Å². The van der Waals surface area contributed by atoms with E-state index in [4.69, 9.17) is 5.11 Å². The van der Waals surface area contributed by atoms with Gasteiger partial charge in [-0.2, -0.15) is 13.2 Å². The zero-order valence-corrected chi connectivity index (χ0v) is 11.5. The summed E-state index contributed by atoms with van der Waals surface area (Å²) in [7, 11) is 0. The molecule has 1 unspecified atom stereocenters. The van der Waals surface area contributed by atoms with Crippen LogP contribution >= 0.6 is 0 Å². The molecule has 21 heavy (non-hydrogen) atoms. The van der Waals surface area contributed by atoms with Gasteiger partial charge < -0.3 is 10.4 Å². The minimum absolute atomic E-state index is 0.00360. The van der Waals surface area contributed by atoms with Crippen LogP contribution in [-0.2, 0) is 17.5 Å². The number of carboxylic acids is 1. The maximum Gasteiger partial charge on any atom is 0.416 e. The van der Waals surface area contributed by atoms with Crippen LogP contribution in [0.5, 0.6) is 0 Å². The molecule has 0 aromatic heterocycles. The Hall–Kier alpha value is -1.56. The van der Waals surface area contributed by atoms with E-state index in [2.05, 4.69) is 5.32 Å². The average molecular weight is 301 g/mol. The van der Waals surface area contributed by atoms with Crippen molar-refractivity contribution in [3.05, 3.63) is 35.4 Å². The smallest absolute Gasteiger partial charge is 0.416 e. The second kappa shape index (κ2) is 6.47. The van der Waals surface area contributed by atoms with Gasteiger partial charge in [-0.15, -0.1) is 0 Å². The quantitative estimate of drug-likeness (QED) is 0.846. The van der Waals surface area contributed by atoms with Gasteiger partial charge in [-0.1, -0.05) is 24.6 Å². The van der Waals surface area contributed by atoms with Crippen LogP contribution in [0, 0.1) is 5.92 Å². The normalized spacial score (nSPS) is 17.3. The first-order valence-electron chi connectivity index (χ1n) is 6.97. The third-order valence-corrected chi connectivity index (χ3v) is 3.94. The Balaban J connectivity index is 1.98. The Morgan fingerprint density at radius 1 is 1.38 bits per heavy atom. The van der Waals surface area contributed by atoms with Crippen LogP contribution in [-0.4, -0.2) is 17.1 Å². The summed E-state index contributed by atoms with van der Waals surface area (Å²) in [6, 6.07) is 4.94. The van der Waals surface area contributed by atoms with E-state index in [1.807, 2.05) is 0 Å². The Labute approximate surface area is 121 Å². The summed E-state index contributed by atoms with van der Waals surface area (Å²) in [5.41, 5.74) is -0.167. The topological polar surface area (TPSA) is 49.3 Å². The number of hydrogen-bond donors (Lipinski definition) is 2. The number of nitrogens with one attached hydrogen (secondary N) is 1. The Morgan fingerprint density at radius 3 is 2.62 bits per heavy atom. The summed E-state index contributed by atoms with van der Waals surface area (Å²) < 4.78 is 37.9. The zero-order chi connectivity index (χ0) is 15.5. The van der Waals surface area contributed by atoms with Crippen LogP contribution in [0.3, 0.4) is 0 Å². The largest absolute Gasteiger partial charge is 0.481 e. The fraction of sp³-hybridized carbons (Fsp3) is 0.533. The van der Waals surface area contributed by atoms with Crippen LogP contribution < -0.4 is 5.32 Å². The van der Waals surface area contributed by atoms with Crippen molar-refractivity contribution in [2.75, 3.05) is 0 Å². The lowest BCUT2D eigenvalue weighted by Gasteiger charge is -2.33. The first kappa shape index (κ1) is 15.8. The molecule has 0 radical (unpaired) electrons. The van der Waals surface area contributed by atoms with Gasteiger partial charge in [-0.25, -0.2) is 0 Å². The van der Waals surface area contributed by atoms with E-state index in [1.54, 1.807) is 6.07 Å². The van der Waals surface area contributed by atoms with Crippen molar-refractivity contribution in [3.63, 3.8) is 0 Å². The molecule has 1 atom stereocenters. The van der Waals surface area contributed by atoms with Crippen LogP contribution in [0.2, 0.25) is 0 Å². The number of alkyl halides is 3. The highest BCUT2D eigenvalue weighted by molar-refractivity contribution is 5.67. The van der Waals surface area contributed by atoms with Crippen molar-refractivity contribution in [2.24, 2.45) is 5.92 Å². The van der Waals surface area contributed by atoms with Crippen LogP contribution in [0.4, 0.5) is 13.2 Å². The molecule has 1 fully saturated rings. The van der Waals surface area contributed by atoms with Gasteiger partial charge in [-0.3, -0.25) is 4.79 Å². The van der Waals surface area contributed by atoms with Crippen molar-refractivity contribution < 1.29 is 23.1 Å². The molecule has 0 heterocycles. The molecule has 0 amide bonds. The molecule has 1 saturated carbocycles. The molecule has 6 heteroatoms. The van der Waals surface area contributed by atoms with E-state index in [0.717, 1.165) is 31.4 Å². The van der Waals surface area contributed by atoms with E-state index in [9.17, 15) is 18.0 Å². The molecule has 0 bridgehead atoms. The molecule has 1 aromatic carbocycles. The third-order valence-electron chi connectivity index (χ3n) is 3.94. The predicted molar refractivity (Wildman–Crippen MR) is 71.7 cm³/mol. The maximum absolute atomic E-state index is 12.6. The second-order valence-corrected chi connectivity index (χ2v) is 5.47. The standard InChI is InChI=1S/C15H18F3NO2/c16-15(17,18)12-6-1-3-10(7-12)9-19-13(8-14(20)21)11-4-2-5-11/h1,3,6-7,11,13,19H,2,4-5,8-9H2,(H,20,21). The van der Waals surface area contributed by atoms with Crippen molar-refractivity contribution in [1.82, 2.24) is 5.32 Å². The van der Waals surface area contributed by atoms with Crippen LogP contribution in [0.15, 0.2) is 24.3 Å². The average Bonchev–Trinajstić information content (AvgIpc) is 2.32. The van der Waals surface area contributed by atoms with E-state index in [1.165, 1.54) is 6.07 Å². The lowest BCUT2D eigenvalue weighted by molar-refractivity contribution is -0.138. The fourth-order valence-corrected chi connectivity index (χ4v) is 2.54. The SMILES string of the molecule is O=C(O)CC(NCc1cccc(C(F)(F)F)c1)C1CCC1. The molecule has 2 rings (SSSR count). The van der Waals surface area contributed by atoms with E-state index >= 15 is 0 Å². The number of benzene rings is 1. The third kappa shape index (κ3) is 4.46. The summed E-state index contributed by atoms with van der Waals surface area (Å²) in [5.74, 6) is -0.574. The monoisotopic (exact) mass is 301 g/mol. The molecule has 0 aliphatic heterocycles. The number of hydrogen-bond acceptors (Lipinski definition) is 2. The molecule has 3 nitrogen and oxygen atoms in total. The number of carbonyl (C=O) groups is 1. The van der Waals surface area contributed by atoms with Gasteiger partial charge >= 0.3 is 12.1 Å². The summed E-state index contributed by atoms with van der Waals surface area (Å²) >= 11 is 0.